The van der Waals surface area contributed by atoms with E-state index in [1.165, 1.54) is 0 Å². The fraction of sp³-hybridized carbons (Fsp3) is 0.182. The summed E-state index contributed by atoms with van der Waals surface area (Å²) in [5.74, 6) is -0.285. The number of rotatable bonds is 2. The number of halogens is 1. The van der Waals surface area contributed by atoms with E-state index in [-0.39, 0.29) is 5.97 Å². The van der Waals surface area contributed by atoms with E-state index >= 15 is 0 Å². The van der Waals surface area contributed by atoms with E-state index in [0.29, 0.717) is 12.2 Å². The monoisotopic (exact) mass is 267 g/mol. The minimum atomic E-state index is -0.285. The maximum absolute atomic E-state index is 11.6. The lowest BCUT2D eigenvalue weighted by molar-refractivity contribution is 0.0528. The molecule has 0 bridgehead atoms. The predicted octanol–water partition coefficient (Wildman–Crippen LogP) is 2.98. The van der Waals surface area contributed by atoms with Crippen LogP contribution < -0.4 is 0 Å². The number of aromatic nitrogens is 1. The standard InChI is InChI=1S/C11H10BrNO2/c1-2-15-11(14)9-7-13(12)10-6-4-3-5-8(9)10/h3-7H,2H2,1H3. The van der Waals surface area contributed by atoms with E-state index in [1.54, 1.807) is 16.7 Å². The molecule has 3 nitrogen and oxygen atoms in total. The second kappa shape index (κ2) is 4.06. The van der Waals surface area contributed by atoms with Gasteiger partial charge in [0.2, 0.25) is 0 Å². The molecule has 1 heterocycles. The minimum absolute atomic E-state index is 0.285. The molecule has 1 aromatic carbocycles. The zero-order valence-corrected chi connectivity index (χ0v) is 9.82. The van der Waals surface area contributed by atoms with Crippen LogP contribution in [-0.2, 0) is 4.74 Å². The van der Waals surface area contributed by atoms with E-state index in [9.17, 15) is 4.79 Å². The van der Waals surface area contributed by atoms with Crippen molar-refractivity contribution in [3.05, 3.63) is 36.0 Å². The Labute approximate surface area is 96.0 Å². The Balaban J connectivity index is 2.57. The van der Waals surface area contributed by atoms with Gasteiger partial charge in [0.15, 0.2) is 0 Å². The minimum Gasteiger partial charge on any atom is -0.462 e. The average Bonchev–Trinajstić information content (AvgIpc) is 2.58. The van der Waals surface area contributed by atoms with Crippen molar-refractivity contribution in [2.75, 3.05) is 6.61 Å². The zero-order chi connectivity index (χ0) is 10.8. The number of ether oxygens (including phenoxy) is 1. The molecule has 0 N–H and O–H groups in total. The van der Waals surface area contributed by atoms with Crippen LogP contribution in [0, 0.1) is 0 Å². The van der Waals surface area contributed by atoms with Crippen molar-refractivity contribution >= 4 is 33.0 Å². The number of benzene rings is 1. The molecule has 0 aliphatic rings. The van der Waals surface area contributed by atoms with E-state index in [4.69, 9.17) is 4.74 Å². The normalized spacial score (nSPS) is 10.5. The lowest BCUT2D eigenvalue weighted by Crippen LogP contribution is -2.03. The van der Waals surface area contributed by atoms with Crippen molar-refractivity contribution in [3.8, 4) is 0 Å². The van der Waals surface area contributed by atoms with Crippen LogP contribution in [0.3, 0.4) is 0 Å². The lowest BCUT2D eigenvalue weighted by Gasteiger charge is -1.98. The summed E-state index contributed by atoms with van der Waals surface area (Å²) in [6.07, 6.45) is 1.72. The molecule has 0 aliphatic heterocycles. The van der Waals surface area contributed by atoms with Gasteiger partial charge in [-0.05, 0) is 13.0 Å². The Morgan fingerprint density at radius 2 is 2.20 bits per heavy atom. The van der Waals surface area contributed by atoms with Crippen molar-refractivity contribution in [3.63, 3.8) is 0 Å². The van der Waals surface area contributed by atoms with Gasteiger partial charge in [-0.2, -0.15) is 0 Å². The summed E-state index contributed by atoms with van der Waals surface area (Å²) in [5.41, 5.74) is 1.55. The number of carbonyl (C=O) groups is 1. The fourth-order valence-electron chi connectivity index (χ4n) is 1.51. The number of nitrogens with zero attached hydrogens (tertiary/aromatic N) is 1. The van der Waals surface area contributed by atoms with Crippen LogP contribution in [-0.4, -0.2) is 16.2 Å². The molecule has 0 saturated carbocycles. The molecule has 15 heavy (non-hydrogen) atoms. The number of para-hydroxylation sites is 1. The summed E-state index contributed by atoms with van der Waals surface area (Å²) in [5, 5.41) is 0.896. The fourth-order valence-corrected chi connectivity index (χ4v) is 2.03. The highest BCUT2D eigenvalue weighted by atomic mass is 79.9. The third-order valence-corrected chi connectivity index (χ3v) is 2.75. The second-order valence-corrected chi connectivity index (χ2v) is 3.86. The van der Waals surface area contributed by atoms with Gasteiger partial charge >= 0.3 is 5.97 Å². The van der Waals surface area contributed by atoms with Gasteiger partial charge in [-0.1, -0.05) is 18.2 Å². The summed E-state index contributed by atoms with van der Waals surface area (Å²) in [4.78, 5) is 11.6. The SMILES string of the molecule is CCOC(=O)c1cn(Br)c2ccccc12. The Kier molecular flexibility index (Phi) is 2.77. The van der Waals surface area contributed by atoms with Crippen molar-refractivity contribution < 1.29 is 9.53 Å². The van der Waals surface area contributed by atoms with Crippen molar-refractivity contribution in [1.82, 2.24) is 3.59 Å². The van der Waals surface area contributed by atoms with E-state index in [1.807, 2.05) is 24.3 Å². The molecule has 0 spiro atoms. The Hall–Kier alpha value is -1.29. The van der Waals surface area contributed by atoms with Crippen LogP contribution in [0.4, 0.5) is 0 Å². The molecule has 78 valence electrons. The van der Waals surface area contributed by atoms with Gasteiger partial charge in [0.05, 0.1) is 33.8 Å². The van der Waals surface area contributed by atoms with Crippen LogP contribution in [0.2, 0.25) is 0 Å². The number of hydrogen-bond acceptors (Lipinski definition) is 2. The van der Waals surface area contributed by atoms with Gasteiger partial charge in [0, 0.05) is 11.6 Å². The first kappa shape index (κ1) is 10.2. The van der Waals surface area contributed by atoms with Crippen molar-refractivity contribution in [2.45, 2.75) is 6.92 Å². The third-order valence-electron chi connectivity index (χ3n) is 2.16. The summed E-state index contributed by atoms with van der Waals surface area (Å²) < 4.78 is 6.72. The van der Waals surface area contributed by atoms with Gasteiger partial charge in [0.25, 0.3) is 0 Å². The molecular formula is C11H10BrNO2. The van der Waals surface area contributed by atoms with Gasteiger partial charge in [-0.25, -0.2) is 4.79 Å². The van der Waals surface area contributed by atoms with Crippen LogP contribution in [0.1, 0.15) is 17.3 Å². The maximum atomic E-state index is 11.6. The van der Waals surface area contributed by atoms with E-state index in [2.05, 4.69) is 16.1 Å². The number of esters is 1. The lowest BCUT2D eigenvalue weighted by atomic mass is 10.2. The molecule has 0 aliphatic carbocycles. The molecule has 2 rings (SSSR count). The molecule has 4 heteroatoms. The number of carbonyl (C=O) groups excluding carboxylic acids is 1. The van der Waals surface area contributed by atoms with E-state index < -0.39 is 0 Å². The first-order valence-electron chi connectivity index (χ1n) is 4.67. The Morgan fingerprint density at radius 1 is 1.47 bits per heavy atom. The highest BCUT2D eigenvalue weighted by molar-refractivity contribution is 9.08. The summed E-state index contributed by atoms with van der Waals surface area (Å²) >= 11 is 3.35. The quantitative estimate of drug-likeness (QED) is 0.784. The highest BCUT2D eigenvalue weighted by Crippen LogP contribution is 2.23. The highest BCUT2D eigenvalue weighted by Gasteiger charge is 2.14. The van der Waals surface area contributed by atoms with Crippen molar-refractivity contribution in [1.29, 1.82) is 0 Å². The van der Waals surface area contributed by atoms with Gasteiger partial charge in [0.1, 0.15) is 0 Å². The molecule has 1 aromatic heterocycles. The summed E-state index contributed by atoms with van der Waals surface area (Å²) in [7, 11) is 0. The molecule has 0 amide bonds. The maximum Gasteiger partial charge on any atom is 0.340 e. The molecule has 0 saturated heterocycles. The van der Waals surface area contributed by atoms with Crippen LogP contribution in [0.15, 0.2) is 30.5 Å². The summed E-state index contributed by atoms with van der Waals surface area (Å²) in [6, 6.07) is 7.67. The van der Waals surface area contributed by atoms with Crippen LogP contribution in [0.5, 0.6) is 0 Å². The van der Waals surface area contributed by atoms with Crippen molar-refractivity contribution in [2.24, 2.45) is 0 Å². The first-order valence-corrected chi connectivity index (χ1v) is 5.38. The number of fused-ring (bicyclic) bond motifs is 1. The topological polar surface area (TPSA) is 31.2 Å². The average molecular weight is 268 g/mol. The molecule has 0 fully saturated rings. The second-order valence-electron chi connectivity index (χ2n) is 3.09. The molecule has 0 atom stereocenters. The zero-order valence-electron chi connectivity index (χ0n) is 8.24. The Bertz CT molecular complexity index is 504. The molecule has 0 radical (unpaired) electrons. The number of hydrogen-bond donors (Lipinski definition) is 0. The largest absolute Gasteiger partial charge is 0.462 e. The first-order chi connectivity index (χ1) is 7.24. The summed E-state index contributed by atoms with van der Waals surface area (Å²) in [6.45, 7) is 2.19. The van der Waals surface area contributed by atoms with Gasteiger partial charge in [-0.3, -0.25) is 3.59 Å². The van der Waals surface area contributed by atoms with Gasteiger partial charge in [-0.15, -0.1) is 0 Å². The smallest absolute Gasteiger partial charge is 0.340 e. The molecule has 0 unspecified atom stereocenters. The van der Waals surface area contributed by atoms with Crippen LogP contribution in [0.25, 0.3) is 10.9 Å². The molecule has 2 aromatic rings. The Morgan fingerprint density at radius 3 is 2.93 bits per heavy atom. The van der Waals surface area contributed by atoms with Crippen LogP contribution >= 0.6 is 16.1 Å². The van der Waals surface area contributed by atoms with Gasteiger partial charge < -0.3 is 4.74 Å². The molecular weight excluding hydrogens is 258 g/mol. The predicted molar refractivity (Wildman–Crippen MR) is 62.2 cm³/mol. The van der Waals surface area contributed by atoms with E-state index in [0.717, 1.165) is 10.9 Å². The third kappa shape index (κ3) is 1.77.